The van der Waals surface area contributed by atoms with Crippen molar-refractivity contribution in [3.63, 3.8) is 0 Å². The van der Waals surface area contributed by atoms with Crippen LogP contribution in [0.2, 0.25) is 0 Å². The van der Waals surface area contributed by atoms with E-state index in [9.17, 15) is 18.0 Å². The van der Waals surface area contributed by atoms with E-state index in [1.807, 2.05) is 6.26 Å². The SMILES string of the molecule is CSCC[C@H](NS(=O)(=O)c1ccc2c(c1)oc(=O)n2C)C(=O)N[C@@H]1CCC[C@H](C)[C@H]1C. The average Bonchev–Trinajstić information content (AvgIpc) is 3.01. The van der Waals surface area contributed by atoms with E-state index in [4.69, 9.17) is 4.42 Å². The van der Waals surface area contributed by atoms with E-state index in [2.05, 4.69) is 23.9 Å². The van der Waals surface area contributed by atoms with Gasteiger partial charge in [0.05, 0.1) is 10.4 Å². The Balaban J connectivity index is 1.80. The Morgan fingerprint density at radius 3 is 2.77 bits per heavy atom. The molecule has 10 heteroatoms. The number of thioether (sulfide) groups is 1. The van der Waals surface area contributed by atoms with E-state index in [1.54, 1.807) is 18.8 Å². The lowest BCUT2D eigenvalue weighted by Crippen LogP contribution is -2.52. The minimum Gasteiger partial charge on any atom is -0.408 e. The third-order valence-corrected chi connectivity index (χ3v) is 8.45. The highest BCUT2D eigenvalue weighted by Gasteiger charge is 2.32. The molecule has 0 radical (unpaired) electrons. The Kier molecular flexibility index (Phi) is 7.54. The molecule has 1 aromatic heterocycles. The Bertz CT molecular complexity index is 1090. The Morgan fingerprint density at radius 2 is 2.06 bits per heavy atom. The zero-order valence-corrected chi connectivity index (χ0v) is 20.0. The summed E-state index contributed by atoms with van der Waals surface area (Å²) in [6.07, 6.45) is 5.41. The maximum absolute atomic E-state index is 13.0. The second-order valence-electron chi connectivity index (χ2n) is 8.39. The zero-order chi connectivity index (χ0) is 22.8. The summed E-state index contributed by atoms with van der Waals surface area (Å²) >= 11 is 1.56. The predicted molar refractivity (Wildman–Crippen MR) is 123 cm³/mol. The summed E-state index contributed by atoms with van der Waals surface area (Å²) in [5.74, 6) is 0.650. The van der Waals surface area contributed by atoms with E-state index in [0.29, 0.717) is 29.5 Å². The van der Waals surface area contributed by atoms with Crippen LogP contribution in [0.5, 0.6) is 0 Å². The lowest BCUT2D eigenvalue weighted by Gasteiger charge is -2.35. The Morgan fingerprint density at radius 1 is 1.32 bits per heavy atom. The molecule has 0 saturated heterocycles. The first kappa shape index (κ1) is 23.9. The molecular weight excluding hydrogens is 438 g/mol. The van der Waals surface area contributed by atoms with E-state index in [1.165, 1.54) is 22.8 Å². The Hall–Kier alpha value is -1.78. The van der Waals surface area contributed by atoms with Gasteiger partial charge in [-0.25, -0.2) is 13.2 Å². The van der Waals surface area contributed by atoms with Crippen LogP contribution in [0.1, 0.15) is 39.5 Å². The molecule has 8 nitrogen and oxygen atoms in total. The number of carbonyl (C=O) groups is 1. The number of aryl methyl sites for hydroxylation is 1. The van der Waals surface area contributed by atoms with Crippen LogP contribution in [0.4, 0.5) is 0 Å². The molecule has 4 atom stereocenters. The van der Waals surface area contributed by atoms with Gasteiger partial charge in [0, 0.05) is 19.2 Å². The highest BCUT2D eigenvalue weighted by Crippen LogP contribution is 2.29. The summed E-state index contributed by atoms with van der Waals surface area (Å²) in [5, 5.41) is 3.08. The number of fused-ring (bicyclic) bond motifs is 1. The first-order valence-corrected chi connectivity index (χ1v) is 13.4. The van der Waals surface area contributed by atoms with E-state index in [0.717, 1.165) is 19.3 Å². The van der Waals surface area contributed by atoms with Gasteiger partial charge in [0.15, 0.2) is 5.58 Å². The monoisotopic (exact) mass is 469 g/mol. The highest BCUT2D eigenvalue weighted by molar-refractivity contribution is 7.98. The van der Waals surface area contributed by atoms with Crippen LogP contribution in [0, 0.1) is 11.8 Å². The molecule has 0 unspecified atom stereocenters. The van der Waals surface area contributed by atoms with Gasteiger partial charge in [-0.15, -0.1) is 0 Å². The number of benzene rings is 1. The molecule has 1 saturated carbocycles. The van der Waals surface area contributed by atoms with Crippen LogP contribution < -0.4 is 15.8 Å². The van der Waals surface area contributed by atoms with Crippen LogP contribution in [0.3, 0.4) is 0 Å². The number of nitrogens with one attached hydrogen (secondary N) is 2. The quantitative estimate of drug-likeness (QED) is 0.615. The lowest BCUT2D eigenvalue weighted by molar-refractivity contribution is -0.124. The van der Waals surface area contributed by atoms with Crippen molar-refractivity contribution in [3.05, 3.63) is 28.7 Å². The largest absolute Gasteiger partial charge is 0.419 e. The third kappa shape index (κ3) is 5.35. The normalized spacial score (nSPS) is 23.0. The number of amides is 1. The van der Waals surface area contributed by atoms with Crippen LogP contribution in [-0.2, 0) is 21.9 Å². The summed E-state index contributed by atoms with van der Waals surface area (Å²) < 4.78 is 35.0. The summed E-state index contributed by atoms with van der Waals surface area (Å²) in [6, 6.07) is 3.42. The molecule has 1 amide bonds. The standard InChI is InChI=1S/C21H31N3O5S2/c1-13-6-5-7-16(14(13)2)22-20(25)17(10-11-30-4)23-31(27,28)15-8-9-18-19(12-15)29-21(26)24(18)3/h8-9,12-14,16-17,23H,5-7,10-11H2,1-4H3,(H,22,25)/t13-,14+,16+,17-/m0/s1. The molecule has 0 spiro atoms. The van der Waals surface area contributed by atoms with Gasteiger partial charge in [0.2, 0.25) is 15.9 Å². The molecule has 1 aromatic carbocycles. The minimum absolute atomic E-state index is 0.0454. The van der Waals surface area contributed by atoms with Gasteiger partial charge in [-0.05, 0) is 48.8 Å². The molecule has 172 valence electrons. The van der Waals surface area contributed by atoms with Gasteiger partial charge < -0.3 is 9.73 Å². The number of nitrogens with zero attached hydrogens (tertiary/aromatic N) is 1. The van der Waals surface area contributed by atoms with Crippen LogP contribution in [0.25, 0.3) is 11.1 Å². The highest BCUT2D eigenvalue weighted by atomic mass is 32.2. The number of carbonyl (C=O) groups excluding carboxylic acids is 1. The van der Waals surface area contributed by atoms with Gasteiger partial charge in [-0.1, -0.05) is 26.7 Å². The van der Waals surface area contributed by atoms with Gasteiger partial charge in [-0.2, -0.15) is 16.5 Å². The predicted octanol–water partition coefficient (Wildman–Crippen LogP) is 2.47. The van der Waals surface area contributed by atoms with Crippen molar-refractivity contribution in [1.29, 1.82) is 0 Å². The average molecular weight is 470 g/mol. The summed E-state index contributed by atoms with van der Waals surface area (Å²) in [6.45, 7) is 4.33. The third-order valence-electron chi connectivity index (χ3n) is 6.33. The molecular formula is C21H31N3O5S2. The minimum atomic E-state index is -3.99. The lowest BCUT2D eigenvalue weighted by atomic mass is 9.78. The van der Waals surface area contributed by atoms with Crippen LogP contribution in [0.15, 0.2) is 32.3 Å². The molecule has 1 aliphatic carbocycles. The summed E-state index contributed by atoms with van der Waals surface area (Å²) in [4.78, 5) is 24.7. The number of hydrogen-bond acceptors (Lipinski definition) is 6. The van der Waals surface area contributed by atoms with Gasteiger partial charge >= 0.3 is 5.76 Å². The number of rotatable bonds is 8. The van der Waals surface area contributed by atoms with Crippen molar-refractivity contribution in [2.45, 2.75) is 56.5 Å². The van der Waals surface area contributed by atoms with E-state index in [-0.39, 0.29) is 22.4 Å². The van der Waals surface area contributed by atoms with Crippen LogP contribution >= 0.6 is 11.8 Å². The first-order valence-electron chi connectivity index (χ1n) is 10.5. The van der Waals surface area contributed by atoms with E-state index >= 15 is 0 Å². The fraction of sp³-hybridized carbons (Fsp3) is 0.619. The second-order valence-corrected chi connectivity index (χ2v) is 11.1. The fourth-order valence-corrected chi connectivity index (χ4v) is 5.80. The molecule has 2 N–H and O–H groups in total. The topological polar surface area (TPSA) is 110 Å². The summed E-state index contributed by atoms with van der Waals surface area (Å²) in [5.41, 5.74) is 0.687. The van der Waals surface area contributed by atoms with Crippen molar-refractivity contribution >= 4 is 38.8 Å². The number of aromatic nitrogens is 1. The van der Waals surface area contributed by atoms with Crippen molar-refractivity contribution in [3.8, 4) is 0 Å². The molecule has 1 aliphatic rings. The fourth-order valence-electron chi connectivity index (χ4n) is 4.08. The molecule has 0 bridgehead atoms. The first-order chi connectivity index (χ1) is 14.6. The molecule has 0 aliphatic heterocycles. The van der Waals surface area contributed by atoms with Gasteiger partial charge in [0.1, 0.15) is 6.04 Å². The van der Waals surface area contributed by atoms with E-state index < -0.39 is 21.8 Å². The molecule has 2 aromatic rings. The molecule has 1 fully saturated rings. The smallest absolute Gasteiger partial charge is 0.408 e. The maximum atomic E-state index is 13.0. The number of hydrogen-bond donors (Lipinski definition) is 2. The molecule has 31 heavy (non-hydrogen) atoms. The van der Waals surface area contributed by atoms with Crippen molar-refractivity contribution in [2.75, 3.05) is 12.0 Å². The van der Waals surface area contributed by atoms with Crippen LogP contribution in [-0.4, -0.2) is 43.0 Å². The maximum Gasteiger partial charge on any atom is 0.419 e. The second kappa shape index (κ2) is 9.79. The Labute approximate surface area is 187 Å². The van der Waals surface area contributed by atoms with Gasteiger partial charge in [0.25, 0.3) is 0 Å². The summed E-state index contributed by atoms with van der Waals surface area (Å²) in [7, 11) is -2.43. The zero-order valence-electron chi connectivity index (χ0n) is 18.4. The molecule has 1 heterocycles. The molecule has 3 rings (SSSR count). The number of sulfonamides is 1. The van der Waals surface area contributed by atoms with Crippen molar-refractivity contribution < 1.29 is 17.6 Å². The number of oxazole rings is 1. The van der Waals surface area contributed by atoms with Crippen molar-refractivity contribution in [1.82, 2.24) is 14.6 Å². The van der Waals surface area contributed by atoms with Crippen molar-refractivity contribution in [2.24, 2.45) is 18.9 Å². The van der Waals surface area contributed by atoms with Gasteiger partial charge in [-0.3, -0.25) is 9.36 Å².